The maximum absolute atomic E-state index is 14.9. The second-order valence-electron chi connectivity index (χ2n) is 10.3. The first-order valence-electron chi connectivity index (χ1n) is 13.0. The van der Waals surface area contributed by atoms with Gasteiger partial charge in [0.15, 0.2) is 5.11 Å². The summed E-state index contributed by atoms with van der Waals surface area (Å²) in [5.41, 5.74) is 6.84. The highest BCUT2D eigenvalue weighted by Crippen LogP contribution is 2.44. The minimum absolute atomic E-state index is 0.0297. The number of carbonyl (C=O) groups is 1. The molecule has 39 heavy (non-hydrogen) atoms. The summed E-state index contributed by atoms with van der Waals surface area (Å²) in [6, 6.07) is 20.2. The van der Waals surface area contributed by atoms with E-state index in [2.05, 4.69) is 26.6 Å². The third-order valence-corrected chi connectivity index (χ3v) is 7.57. The fourth-order valence-corrected chi connectivity index (χ4v) is 5.60. The van der Waals surface area contributed by atoms with Crippen LogP contribution in [0.15, 0.2) is 72.9 Å². The highest BCUT2D eigenvalue weighted by Gasteiger charge is 2.42. The SMILES string of the molecule is Cc1cc(N2C(=S)N[C@@H](c3ccccn3)[C@H]2c2cc(C)n(-c3ccccc3F)c2C)ccc1NC(=O)C(C)C. The van der Waals surface area contributed by atoms with Crippen molar-refractivity contribution in [3.05, 3.63) is 107 Å². The van der Waals surface area contributed by atoms with Gasteiger partial charge < -0.3 is 20.1 Å². The van der Waals surface area contributed by atoms with Crippen LogP contribution in [-0.4, -0.2) is 20.6 Å². The molecule has 0 spiro atoms. The van der Waals surface area contributed by atoms with E-state index in [1.807, 2.05) is 81.7 Å². The number of nitrogens with one attached hydrogen (secondary N) is 2. The Hall–Kier alpha value is -4.04. The Morgan fingerprint density at radius 1 is 1.05 bits per heavy atom. The average molecular weight is 542 g/mol. The summed E-state index contributed by atoms with van der Waals surface area (Å²) in [5, 5.41) is 7.08. The number of anilines is 2. The number of thiocarbonyl (C=S) groups is 1. The zero-order chi connectivity index (χ0) is 27.8. The lowest BCUT2D eigenvalue weighted by atomic mass is 9.96. The number of rotatable bonds is 6. The number of hydrogen-bond donors (Lipinski definition) is 2. The smallest absolute Gasteiger partial charge is 0.226 e. The summed E-state index contributed by atoms with van der Waals surface area (Å²) >= 11 is 5.90. The largest absolute Gasteiger partial charge is 0.351 e. The van der Waals surface area contributed by atoms with E-state index in [-0.39, 0.29) is 29.7 Å². The van der Waals surface area contributed by atoms with Gasteiger partial charge in [0, 0.05) is 34.9 Å². The molecule has 0 radical (unpaired) electrons. The van der Waals surface area contributed by atoms with Gasteiger partial charge in [0.25, 0.3) is 0 Å². The molecule has 0 saturated carbocycles. The number of hydrogen-bond acceptors (Lipinski definition) is 3. The van der Waals surface area contributed by atoms with Gasteiger partial charge in [-0.15, -0.1) is 0 Å². The van der Waals surface area contributed by atoms with Crippen LogP contribution in [-0.2, 0) is 4.79 Å². The Morgan fingerprint density at radius 3 is 2.46 bits per heavy atom. The Kier molecular flexibility index (Phi) is 7.23. The van der Waals surface area contributed by atoms with E-state index in [0.717, 1.165) is 39.6 Å². The lowest BCUT2D eigenvalue weighted by Gasteiger charge is -2.29. The molecule has 2 aromatic carbocycles. The van der Waals surface area contributed by atoms with Gasteiger partial charge in [0.1, 0.15) is 5.82 Å². The first kappa shape index (κ1) is 26.6. The molecule has 6 nitrogen and oxygen atoms in total. The molecule has 2 aromatic heterocycles. The van der Waals surface area contributed by atoms with Gasteiger partial charge >= 0.3 is 0 Å². The van der Waals surface area contributed by atoms with Crippen molar-refractivity contribution in [1.82, 2.24) is 14.9 Å². The van der Waals surface area contributed by atoms with Gasteiger partial charge in [0.2, 0.25) is 5.91 Å². The number of amides is 1. The number of aromatic nitrogens is 2. The molecular formula is C31H32FN5OS. The van der Waals surface area contributed by atoms with Crippen LogP contribution in [0.25, 0.3) is 5.69 Å². The lowest BCUT2D eigenvalue weighted by molar-refractivity contribution is -0.118. The van der Waals surface area contributed by atoms with Crippen molar-refractivity contribution >= 4 is 34.6 Å². The normalized spacial score (nSPS) is 17.0. The number of nitrogens with zero attached hydrogens (tertiary/aromatic N) is 3. The molecule has 3 heterocycles. The van der Waals surface area contributed by atoms with Crippen molar-refractivity contribution in [2.75, 3.05) is 10.2 Å². The van der Waals surface area contributed by atoms with E-state index < -0.39 is 0 Å². The molecule has 0 bridgehead atoms. The standard InChI is InChI=1S/C31H32FN5OS/c1-18(2)30(38)34-25-14-13-22(16-19(25)3)37-29(28(35-31(37)39)26-11-8-9-15-33-26)23-17-20(4)36(21(23)5)27-12-7-6-10-24(27)32/h6-18,28-29H,1-5H3,(H,34,38)(H,35,39)/t28-,29+/m0/s1. The maximum atomic E-state index is 14.9. The van der Waals surface area contributed by atoms with E-state index in [1.165, 1.54) is 6.07 Å². The van der Waals surface area contributed by atoms with Crippen LogP contribution in [0.1, 0.15) is 54.1 Å². The van der Waals surface area contributed by atoms with Crippen LogP contribution < -0.4 is 15.5 Å². The molecule has 2 N–H and O–H groups in total. The third-order valence-electron chi connectivity index (χ3n) is 7.25. The predicted octanol–water partition coefficient (Wildman–Crippen LogP) is 6.71. The summed E-state index contributed by atoms with van der Waals surface area (Å²) in [4.78, 5) is 19.1. The van der Waals surface area contributed by atoms with Crippen molar-refractivity contribution in [2.24, 2.45) is 5.92 Å². The number of benzene rings is 2. The number of para-hydroxylation sites is 1. The lowest BCUT2D eigenvalue weighted by Crippen LogP contribution is -2.29. The molecule has 4 aromatic rings. The van der Waals surface area contributed by atoms with Crippen LogP contribution in [0.4, 0.5) is 15.8 Å². The maximum Gasteiger partial charge on any atom is 0.226 e. The molecule has 1 aliphatic rings. The van der Waals surface area contributed by atoms with E-state index >= 15 is 0 Å². The Labute approximate surface area is 233 Å². The fraction of sp³-hybridized carbons (Fsp3) is 0.258. The summed E-state index contributed by atoms with van der Waals surface area (Å²) in [7, 11) is 0. The quantitative estimate of drug-likeness (QED) is 0.266. The molecule has 2 atom stereocenters. The molecule has 5 rings (SSSR count). The molecule has 200 valence electrons. The molecule has 1 saturated heterocycles. The molecule has 0 aliphatic carbocycles. The van der Waals surface area contributed by atoms with Gasteiger partial charge in [0.05, 0.1) is 23.5 Å². The van der Waals surface area contributed by atoms with Crippen LogP contribution in [0.5, 0.6) is 0 Å². The van der Waals surface area contributed by atoms with Crippen LogP contribution >= 0.6 is 12.2 Å². The molecule has 0 unspecified atom stereocenters. The highest BCUT2D eigenvalue weighted by atomic mass is 32.1. The Balaban J connectivity index is 1.63. The minimum Gasteiger partial charge on any atom is -0.351 e. The van der Waals surface area contributed by atoms with E-state index in [1.54, 1.807) is 18.3 Å². The highest BCUT2D eigenvalue weighted by molar-refractivity contribution is 7.80. The van der Waals surface area contributed by atoms with Crippen molar-refractivity contribution in [1.29, 1.82) is 0 Å². The molecular weight excluding hydrogens is 509 g/mol. The molecule has 1 aliphatic heterocycles. The van der Waals surface area contributed by atoms with Crippen molar-refractivity contribution in [3.8, 4) is 5.69 Å². The zero-order valence-electron chi connectivity index (χ0n) is 22.7. The summed E-state index contributed by atoms with van der Waals surface area (Å²) in [6.07, 6.45) is 1.78. The van der Waals surface area contributed by atoms with Gasteiger partial charge in [-0.3, -0.25) is 9.78 Å². The number of pyridine rings is 1. The van der Waals surface area contributed by atoms with Gasteiger partial charge in [-0.25, -0.2) is 4.39 Å². The first-order valence-corrected chi connectivity index (χ1v) is 13.4. The molecule has 8 heteroatoms. The third kappa shape index (κ3) is 4.92. The summed E-state index contributed by atoms with van der Waals surface area (Å²) < 4.78 is 16.8. The van der Waals surface area contributed by atoms with E-state index in [9.17, 15) is 9.18 Å². The topological polar surface area (TPSA) is 62.2 Å². The van der Waals surface area contributed by atoms with E-state index in [0.29, 0.717) is 10.8 Å². The van der Waals surface area contributed by atoms with Gasteiger partial charge in [-0.2, -0.15) is 0 Å². The van der Waals surface area contributed by atoms with E-state index in [4.69, 9.17) is 12.2 Å². The molecule has 1 fully saturated rings. The monoisotopic (exact) mass is 541 g/mol. The van der Waals surface area contributed by atoms with Gasteiger partial charge in [-0.1, -0.05) is 32.0 Å². The minimum atomic E-state index is -0.279. The fourth-order valence-electron chi connectivity index (χ4n) is 5.25. The van der Waals surface area contributed by atoms with Crippen molar-refractivity contribution in [3.63, 3.8) is 0 Å². The summed E-state index contributed by atoms with van der Waals surface area (Å²) in [6.45, 7) is 9.71. The number of carbonyl (C=O) groups excluding carboxylic acids is 1. The van der Waals surface area contributed by atoms with Crippen LogP contribution in [0.2, 0.25) is 0 Å². The second kappa shape index (κ2) is 10.6. The predicted molar refractivity (Wildman–Crippen MR) is 158 cm³/mol. The van der Waals surface area contributed by atoms with Crippen LogP contribution in [0, 0.1) is 32.5 Å². The summed E-state index contributed by atoms with van der Waals surface area (Å²) in [5.74, 6) is -0.427. The number of halogens is 1. The zero-order valence-corrected chi connectivity index (χ0v) is 23.5. The average Bonchev–Trinajstić information content (AvgIpc) is 3.41. The Bertz CT molecular complexity index is 1550. The van der Waals surface area contributed by atoms with Crippen molar-refractivity contribution < 1.29 is 9.18 Å². The number of aryl methyl sites for hydroxylation is 2. The van der Waals surface area contributed by atoms with Gasteiger partial charge in [-0.05, 0) is 92.6 Å². The van der Waals surface area contributed by atoms with Crippen molar-refractivity contribution in [2.45, 2.75) is 46.7 Å². The first-order chi connectivity index (χ1) is 18.7. The second-order valence-corrected chi connectivity index (χ2v) is 10.6. The Morgan fingerprint density at radius 2 is 1.79 bits per heavy atom. The van der Waals surface area contributed by atoms with Crippen LogP contribution in [0.3, 0.4) is 0 Å². The molecule has 1 amide bonds.